The molecule has 1 fully saturated rings. The van der Waals surface area contributed by atoms with Crippen LogP contribution in [0.25, 0.3) is 0 Å². The van der Waals surface area contributed by atoms with Crippen molar-refractivity contribution in [2.75, 3.05) is 19.7 Å². The van der Waals surface area contributed by atoms with E-state index in [0.29, 0.717) is 5.02 Å². The number of rotatable bonds is 6. The highest BCUT2D eigenvalue weighted by Gasteiger charge is 2.44. The molecule has 0 unspecified atom stereocenters. The number of hydrogen-bond acceptors (Lipinski definition) is 5. The van der Waals surface area contributed by atoms with Gasteiger partial charge in [-0.15, -0.1) is 0 Å². The molecule has 27 heavy (non-hydrogen) atoms. The maximum Gasteiger partial charge on any atom is 0.243 e. The van der Waals surface area contributed by atoms with Crippen LogP contribution in [0.1, 0.15) is 6.92 Å². The van der Waals surface area contributed by atoms with Gasteiger partial charge in [-0.2, -0.15) is 4.31 Å². The van der Waals surface area contributed by atoms with Crippen molar-refractivity contribution < 1.29 is 26.0 Å². The molecule has 146 valence electrons. The first kappa shape index (κ1) is 20.1. The average molecular weight is 434 g/mol. The first-order chi connectivity index (χ1) is 12.7. The van der Waals surface area contributed by atoms with Gasteiger partial charge in [-0.1, -0.05) is 11.6 Å². The Labute approximate surface area is 162 Å². The first-order valence-corrected chi connectivity index (χ1v) is 11.4. The van der Waals surface area contributed by atoms with Crippen LogP contribution in [0.5, 0.6) is 5.75 Å². The summed E-state index contributed by atoms with van der Waals surface area (Å²) >= 11 is 5.76. The minimum Gasteiger partial charge on any atom is -0.491 e. The van der Waals surface area contributed by atoms with E-state index in [1.54, 1.807) is 6.92 Å². The van der Waals surface area contributed by atoms with Crippen molar-refractivity contribution in [3.8, 4) is 5.75 Å². The largest absolute Gasteiger partial charge is 0.491 e. The molecule has 0 aromatic heterocycles. The second-order valence-electron chi connectivity index (χ2n) is 5.97. The molecular formula is C17H17ClFNO5S2. The second kappa shape index (κ2) is 7.38. The van der Waals surface area contributed by atoms with Crippen molar-refractivity contribution in [2.24, 2.45) is 0 Å². The zero-order valence-corrected chi connectivity index (χ0v) is 16.7. The highest BCUT2D eigenvalue weighted by molar-refractivity contribution is 7.92. The van der Waals surface area contributed by atoms with Gasteiger partial charge in [0.2, 0.25) is 10.0 Å². The van der Waals surface area contributed by atoms with E-state index in [9.17, 15) is 21.2 Å². The molecule has 0 spiro atoms. The number of sulfone groups is 1. The van der Waals surface area contributed by atoms with Crippen molar-refractivity contribution >= 4 is 31.5 Å². The van der Waals surface area contributed by atoms with Gasteiger partial charge in [-0.3, -0.25) is 0 Å². The molecule has 1 aliphatic rings. The van der Waals surface area contributed by atoms with E-state index in [1.807, 2.05) is 0 Å². The fraction of sp³-hybridized carbons (Fsp3) is 0.294. The molecule has 0 saturated carbocycles. The molecule has 3 rings (SSSR count). The van der Waals surface area contributed by atoms with Crippen molar-refractivity contribution in [1.29, 1.82) is 0 Å². The normalized spacial score (nSPS) is 16.1. The lowest BCUT2D eigenvalue weighted by molar-refractivity contribution is 0.308. The van der Waals surface area contributed by atoms with Crippen LogP contribution in [0.3, 0.4) is 0 Å². The number of hydrogen-bond donors (Lipinski definition) is 0. The molecule has 0 N–H and O–H groups in total. The quantitative estimate of drug-likeness (QED) is 0.699. The number of nitrogens with zero attached hydrogens (tertiary/aromatic N) is 1. The van der Waals surface area contributed by atoms with E-state index >= 15 is 0 Å². The van der Waals surface area contributed by atoms with Crippen molar-refractivity contribution in [2.45, 2.75) is 22.0 Å². The second-order valence-corrected chi connectivity index (χ2v) is 10.6. The van der Waals surface area contributed by atoms with Crippen molar-refractivity contribution in [1.82, 2.24) is 4.31 Å². The molecule has 0 atom stereocenters. The van der Waals surface area contributed by atoms with Crippen LogP contribution < -0.4 is 4.74 Å². The van der Waals surface area contributed by atoms with E-state index in [4.69, 9.17) is 16.3 Å². The Balaban J connectivity index is 1.76. The summed E-state index contributed by atoms with van der Waals surface area (Å²) in [4.78, 5) is -0.160. The van der Waals surface area contributed by atoms with Crippen molar-refractivity contribution in [3.05, 3.63) is 53.3 Å². The van der Waals surface area contributed by atoms with E-state index < -0.39 is 30.9 Å². The van der Waals surface area contributed by atoms with Gasteiger partial charge in [0, 0.05) is 18.1 Å². The third kappa shape index (κ3) is 3.82. The summed E-state index contributed by atoms with van der Waals surface area (Å²) in [5, 5.41) is -0.453. The van der Waals surface area contributed by atoms with Crippen LogP contribution in [-0.2, 0) is 19.9 Å². The van der Waals surface area contributed by atoms with Crippen LogP contribution in [-0.4, -0.2) is 46.1 Å². The summed E-state index contributed by atoms with van der Waals surface area (Å²) in [6, 6.07) is 9.06. The van der Waals surface area contributed by atoms with Crippen LogP contribution in [0.15, 0.2) is 52.3 Å². The number of halogens is 2. The Hall–Kier alpha value is -1.68. The summed E-state index contributed by atoms with van der Waals surface area (Å²) in [5.41, 5.74) is 0. The lowest BCUT2D eigenvalue weighted by Gasteiger charge is -2.37. The van der Waals surface area contributed by atoms with Gasteiger partial charge in [-0.25, -0.2) is 21.2 Å². The topological polar surface area (TPSA) is 80.8 Å². The van der Waals surface area contributed by atoms with Gasteiger partial charge in [0.15, 0.2) is 21.4 Å². The Kier molecular flexibility index (Phi) is 5.49. The van der Waals surface area contributed by atoms with Crippen LogP contribution in [0.4, 0.5) is 4.39 Å². The molecule has 2 aromatic carbocycles. The molecule has 0 aliphatic carbocycles. The summed E-state index contributed by atoms with van der Waals surface area (Å²) < 4.78 is 70.3. The van der Waals surface area contributed by atoms with Gasteiger partial charge in [0.05, 0.1) is 21.6 Å². The molecule has 1 saturated heterocycles. The molecular weight excluding hydrogens is 417 g/mol. The summed E-state index contributed by atoms with van der Waals surface area (Å²) in [5.74, 6) is -0.827. The van der Waals surface area contributed by atoms with E-state index in [1.165, 1.54) is 36.4 Å². The SMILES string of the molecule is CCOc1ccc(S(=O)(=O)N2CC(S(=O)(=O)c3ccc(Cl)cc3)C2)cc1F. The summed E-state index contributed by atoms with van der Waals surface area (Å²) in [6.45, 7) is 1.55. The van der Waals surface area contributed by atoms with Gasteiger partial charge < -0.3 is 4.74 Å². The Morgan fingerprint density at radius 2 is 1.67 bits per heavy atom. The Bertz CT molecular complexity index is 1050. The Morgan fingerprint density at radius 1 is 1.07 bits per heavy atom. The molecule has 1 heterocycles. The maximum atomic E-state index is 14.0. The molecule has 0 amide bonds. The zero-order valence-electron chi connectivity index (χ0n) is 14.3. The molecule has 6 nitrogen and oxygen atoms in total. The zero-order chi connectivity index (χ0) is 19.8. The fourth-order valence-corrected chi connectivity index (χ4v) is 6.18. The van der Waals surface area contributed by atoms with Crippen molar-refractivity contribution in [3.63, 3.8) is 0 Å². The minimum atomic E-state index is -3.99. The third-order valence-electron chi connectivity index (χ3n) is 4.24. The van der Waals surface area contributed by atoms with Gasteiger partial charge in [0.25, 0.3) is 0 Å². The lowest BCUT2D eigenvalue weighted by Crippen LogP contribution is -2.56. The smallest absolute Gasteiger partial charge is 0.243 e. The monoisotopic (exact) mass is 433 g/mol. The third-order valence-corrected chi connectivity index (χ3v) is 8.42. The molecule has 2 aromatic rings. The fourth-order valence-electron chi connectivity index (χ4n) is 2.67. The summed E-state index contributed by atoms with van der Waals surface area (Å²) in [7, 11) is -7.66. The maximum absolute atomic E-state index is 14.0. The highest BCUT2D eigenvalue weighted by Crippen LogP contribution is 2.30. The van der Waals surface area contributed by atoms with E-state index in [-0.39, 0.29) is 35.2 Å². The predicted octanol–water partition coefficient (Wildman–Crippen LogP) is 2.72. The highest BCUT2D eigenvalue weighted by atomic mass is 35.5. The average Bonchev–Trinajstić information content (AvgIpc) is 2.55. The van der Waals surface area contributed by atoms with Crippen LogP contribution >= 0.6 is 11.6 Å². The van der Waals surface area contributed by atoms with Gasteiger partial charge >= 0.3 is 0 Å². The number of ether oxygens (including phenoxy) is 1. The minimum absolute atomic E-state index is 0.0387. The number of sulfonamides is 1. The van der Waals surface area contributed by atoms with E-state index in [0.717, 1.165) is 10.4 Å². The lowest BCUT2D eigenvalue weighted by atomic mass is 10.3. The van der Waals surface area contributed by atoms with Gasteiger partial charge in [-0.05, 0) is 49.4 Å². The first-order valence-electron chi connectivity index (χ1n) is 8.08. The summed E-state index contributed by atoms with van der Waals surface area (Å²) in [6.07, 6.45) is 0. The molecule has 1 aliphatic heterocycles. The predicted molar refractivity (Wildman–Crippen MR) is 98.8 cm³/mol. The Morgan fingerprint density at radius 3 is 2.22 bits per heavy atom. The van der Waals surface area contributed by atoms with Gasteiger partial charge in [0.1, 0.15) is 0 Å². The van der Waals surface area contributed by atoms with E-state index in [2.05, 4.69) is 0 Å². The standard InChI is InChI=1S/C17H17ClFNO5S2/c1-2-25-17-8-7-14(9-16(17)19)27(23,24)20-10-15(11-20)26(21,22)13-5-3-12(18)4-6-13/h3-9,15H,2,10-11H2,1H3. The molecule has 0 bridgehead atoms. The van der Waals surface area contributed by atoms with Crippen LogP contribution in [0.2, 0.25) is 5.02 Å². The molecule has 10 heteroatoms. The molecule has 0 radical (unpaired) electrons. The number of benzene rings is 2. The van der Waals surface area contributed by atoms with Crippen LogP contribution in [0, 0.1) is 5.82 Å².